The molecule has 1 aromatic carbocycles. The van der Waals surface area contributed by atoms with E-state index in [9.17, 15) is 23.2 Å². The van der Waals surface area contributed by atoms with Crippen molar-refractivity contribution in [2.75, 3.05) is 11.1 Å². The number of primary amides is 1. The quantitative estimate of drug-likeness (QED) is 0.284. The van der Waals surface area contributed by atoms with Gasteiger partial charge in [0, 0.05) is 13.1 Å². The van der Waals surface area contributed by atoms with Crippen molar-refractivity contribution >= 4 is 45.9 Å². The third kappa shape index (κ3) is 6.63. The molecule has 0 saturated heterocycles. The number of benzene rings is 1. The van der Waals surface area contributed by atoms with Crippen molar-refractivity contribution in [3.8, 4) is 5.75 Å². The Morgan fingerprint density at radius 3 is 2.54 bits per heavy atom. The summed E-state index contributed by atoms with van der Waals surface area (Å²) in [5.41, 5.74) is 5.81. The molecule has 0 bridgehead atoms. The van der Waals surface area contributed by atoms with Gasteiger partial charge in [-0.25, -0.2) is 13.6 Å². The molecule has 1 atom stereocenters. The maximum atomic E-state index is 13.9. The smallest absolute Gasteiger partial charge is 0.341 e. The molecule has 0 aliphatic rings. The highest BCUT2D eigenvalue weighted by Gasteiger charge is 2.27. The average molecular weight is 554 g/mol. The van der Waals surface area contributed by atoms with Crippen molar-refractivity contribution in [3.63, 3.8) is 0 Å². The Morgan fingerprint density at radius 2 is 1.92 bits per heavy atom. The maximum absolute atomic E-state index is 13.9. The van der Waals surface area contributed by atoms with Crippen LogP contribution in [0.5, 0.6) is 5.75 Å². The van der Waals surface area contributed by atoms with Gasteiger partial charge in [0.05, 0.1) is 22.3 Å². The lowest BCUT2D eigenvalue weighted by Crippen LogP contribution is -2.18. The molecule has 2 amide bonds. The second-order valence-electron chi connectivity index (χ2n) is 8.15. The predicted molar refractivity (Wildman–Crippen MR) is 134 cm³/mol. The van der Waals surface area contributed by atoms with Crippen molar-refractivity contribution < 1.29 is 32.6 Å². The summed E-state index contributed by atoms with van der Waals surface area (Å²) in [5.74, 6) is -3.33. The molecule has 3 rings (SSSR count). The molecule has 10 nitrogen and oxygen atoms in total. The largest absolute Gasteiger partial charge is 0.480 e. The van der Waals surface area contributed by atoms with E-state index in [1.807, 2.05) is 0 Å². The van der Waals surface area contributed by atoms with Crippen molar-refractivity contribution in [2.24, 2.45) is 12.8 Å². The van der Waals surface area contributed by atoms with E-state index in [0.717, 1.165) is 29.2 Å². The molecule has 198 valence electrons. The topological polar surface area (TPSA) is 138 Å². The summed E-state index contributed by atoms with van der Waals surface area (Å²) in [4.78, 5) is 37.2. The van der Waals surface area contributed by atoms with Gasteiger partial charge < -0.3 is 25.1 Å². The van der Waals surface area contributed by atoms with Crippen molar-refractivity contribution in [1.29, 1.82) is 0 Å². The number of anilines is 1. The van der Waals surface area contributed by atoms with Gasteiger partial charge >= 0.3 is 5.97 Å². The van der Waals surface area contributed by atoms with E-state index in [1.54, 1.807) is 39.3 Å². The summed E-state index contributed by atoms with van der Waals surface area (Å²) in [6.45, 7) is 6.54. The van der Waals surface area contributed by atoms with E-state index in [0.29, 0.717) is 22.6 Å². The monoisotopic (exact) mass is 553 g/mol. The molecule has 3 N–H and O–H groups in total. The Kier molecular flexibility index (Phi) is 8.86. The average Bonchev–Trinajstić information content (AvgIpc) is 3.33. The van der Waals surface area contributed by atoms with E-state index in [2.05, 4.69) is 15.5 Å². The Morgan fingerprint density at radius 1 is 1.22 bits per heavy atom. The Labute approximate surface area is 219 Å². The van der Waals surface area contributed by atoms with E-state index in [4.69, 9.17) is 15.2 Å². The normalized spacial score (nSPS) is 11.9. The molecule has 14 heteroatoms. The van der Waals surface area contributed by atoms with Crippen LogP contribution in [0.15, 0.2) is 23.4 Å². The van der Waals surface area contributed by atoms with Crippen molar-refractivity contribution in [3.05, 3.63) is 51.7 Å². The van der Waals surface area contributed by atoms with Gasteiger partial charge in [0.25, 0.3) is 5.91 Å². The molecule has 0 fully saturated rings. The summed E-state index contributed by atoms with van der Waals surface area (Å²) >= 11 is 1.95. The van der Waals surface area contributed by atoms with Gasteiger partial charge in [-0.15, -0.1) is 21.5 Å². The van der Waals surface area contributed by atoms with Gasteiger partial charge in [0.15, 0.2) is 28.7 Å². The van der Waals surface area contributed by atoms with Crippen LogP contribution in [0, 0.1) is 18.6 Å². The minimum atomic E-state index is -0.847. The number of halogens is 2. The molecule has 2 aromatic heterocycles. The van der Waals surface area contributed by atoms with E-state index < -0.39 is 41.6 Å². The number of hydrogen-bond acceptors (Lipinski definition) is 9. The molecular formula is C23H25F2N5O5S2. The number of nitrogens with two attached hydrogens (primary N) is 1. The van der Waals surface area contributed by atoms with Crippen LogP contribution in [0.3, 0.4) is 0 Å². The molecule has 0 saturated carbocycles. The number of nitrogens with zero attached hydrogens (tertiary/aromatic N) is 3. The lowest BCUT2D eigenvalue weighted by Gasteiger charge is -2.14. The zero-order valence-corrected chi connectivity index (χ0v) is 22.3. The summed E-state index contributed by atoms with van der Waals surface area (Å²) in [6, 6.07) is 2.98. The number of carbonyl (C=O) groups is 3. The minimum Gasteiger partial charge on any atom is -0.480 e. The highest BCUT2D eigenvalue weighted by molar-refractivity contribution is 7.99. The molecule has 37 heavy (non-hydrogen) atoms. The van der Waals surface area contributed by atoms with E-state index >= 15 is 0 Å². The van der Waals surface area contributed by atoms with Crippen molar-refractivity contribution in [1.82, 2.24) is 14.8 Å². The lowest BCUT2D eigenvalue weighted by molar-refractivity contribution is -0.113. The number of nitrogens with one attached hydrogen (secondary N) is 1. The SMILES string of the molecule is Cc1c(C(N)=O)sc(NC(=O)CSc2nnc(C(C)Oc3ccc(F)cc3F)n2C)c1C(=O)OC(C)C. The number of hydrogen-bond donors (Lipinski definition) is 2. The lowest BCUT2D eigenvalue weighted by atomic mass is 10.1. The van der Waals surface area contributed by atoms with Gasteiger partial charge in [-0.1, -0.05) is 11.8 Å². The molecule has 2 heterocycles. The van der Waals surface area contributed by atoms with Crippen LogP contribution in [0.4, 0.5) is 13.8 Å². The number of esters is 1. The van der Waals surface area contributed by atoms with Crippen LogP contribution in [-0.4, -0.2) is 44.4 Å². The standard InChI is InChI=1S/C23H25F2N5O5S2/c1-10(2)34-22(33)17-11(3)18(19(26)32)37-21(17)27-16(31)9-36-23-29-28-20(30(23)5)12(4)35-15-7-6-13(24)8-14(15)25/h6-8,10,12H,9H2,1-5H3,(H2,26,32)(H,27,31). The molecule has 0 radical (unpaired) electrons. The Balaban J connectivity index is 1.69. The molecule has 0 spiro atoms. The fourth-order valence-corrected chi connectivity index (χ4v) is 5.05. The van der Waals surface area contributed by atoms with Gasteiger partial charge in [-0.3, -0.25) is 9.59 Å². The van der Waals surface area contributed by atoms with Crippen LogP contribution in [-0.2, 0) is 16.6 Å². The van der Waals surface area contributed by atoms with E-state index in [1.165, 1.54) is 6.07 Å². The van der Waals surface area contributed by atoms with E-state index in [-0.39, 0.29) is 26.9 Å². The maximum Gasteiger partial charge on any atom is 0.341 e. The highest BCUT2D eigenvalue weighted by atomic mass is 32.2. The van der Waals surface area contributed by atoms with Gasteiger partial charge in [0.1, 0.15) is 10.8 Å². The number of thioether (sulfide) groups is 1. The van der Waals surface area contributed by atoms with Crippen LogP contribution in [0.25, 0.3) is 0 Å². The highest BCUT2D eigenvalue weighted by Crippen LogP contribution is 2.34. The molecule has 0 aliphatic heterocycles. The third-order valence-corrected chi connectivity index (χ3v) is 7.17. The Hall–Kier alpha value is -3.52. The second kappa shape index (κ2) is 11.7. The third-order valence-electron chi connectivity index (χ3n) is 4.93. The minimum absolute atomic E-state index is 0.0748. The van der Waals surface area contributed by atoms with Crippen molar-refractivity contribution in [2.45, 2.75) is 45.1 Å². The number of thiophene rings is 1. The fraction of sp³-hybridized carbons (Fsp3) is 0.348. The first-order valence-electron chi connectivity index (χ1n) is 11.0. The number of amides is 2. The van der Waals surface area contributed by atoms with Gasteiger partial charge in [-0.2, -0.15) is 0 Å². The summed E-state index contributed by atoms with van der Waals surface area (Å²) < 4.78 is 39.4. The fourth-order valence-electron chi connectivity index (χ4n) is 3.27. The first kappa shape index (κ1) is 28.1. The number of ether oxygens (including phenoxy) is 2. The van der Waals surface area contributed by atoms with Gasteiger partial charge in [-0.05, 0) is 45.4 Å². The van der Waals surface area contributed by atoms with Gasteiger partial charge in [0.2, 0.25) is 5.91 Å². The first-order chi connectivity index (χ1) is 17.4. The first-order valence-corrected chi connectivity index (χ1v) is 12.8. The molecular weight excluding hydrogens is 528 g/mol. The molecule has 0 aliphatic carbocycles. The van der Waals surface area contributed by atoms with Crippen LogP contribution >= 0.6 is 23.1 Å². The molecule has 3 aromatic rings. The summed E-state index contributed by atoms with van der Waals surface area (Å²) in [5, 5.41) is 11.3. The molecule has 1 unspecified atom stereocenters. The number of carbonyl (C=O) groups excluding carboxylic acids is 3. The zero-order valence-electron chi connectivity index (χ0n) is 20.6. The Bertz CT molecular complexity index is 1340. The van der Waals surface area contributed by atoms with Crippen LogP contribution in [0.2, 0.25) is 0 Å². The summed E-state index contributed by atoms with van der Waals surface area (Å²) in [7, 11) is 1.65. The van der Waals surface area contributed by atoms with Crippen LogP contribution < -0.4 is 15.8 Å². The predicted octanol–water partition coefficient (Wildman–Crippen LogP) is 4.00. The zero-order chi connectivity index (χ0) is 27.4. The summed E-state index contributed by atoms with van der Waals surface area (Å²) in [6.07, 6.45) is -1.13. The van der Waals surface area contributed by atoms with Crippen LogP contribution in [0.1, 0.15) is 58.3 Å². The number of aromatic nitrogens is 3. The second-order valence-corrected chi connectivity index (χ2v) is 10.1. The number of rotatable bonds is 10.